The Balaban J connectivity index is 2.05. The first-order valence-corrected chi connectivity index (χ1v) is 7.79. The summed E-state index contributed by atoms with van der Waals surface area (Å²) >= 11 is 4.71. The third kappa shape index (κ3) is 6.00. The number of nitrogens with one attached hydrogen (secondary N) is 1. The minimum atomic E-state index is -4.23. The Morgan fingerprint density at radius 2 is 1.96 bits per heavy atom. The molecule has 0 radical (unpaired) electrons. The van der Waals surface area contributed by atoms with Crippen molar-refractivity contribution >= 4 is 35.0 Å². The zero-order chi connectivity index (χ0) is 20.0. The lowest BCUT2D eigenvalue weighted by Crippen LogP contribution is -2.32. The Labute approximate surface area is 156 Å². The average molecular weight is 401 g/mol. The highest BCUT2D eigenvalue weighted by Gasteiger charge is 2.42. The van der Waals surface area contributed by atoms with Crippen molar-refractivity contribution < 1.29 is 27.6 Å². The molecule has 2 aromatic carbocycles. The Kier molecular flexibility index (Phi) is 6.40. The lowest BCUT2D eigenvalue weighted by molar-refractivity contribution is -0.384. The van der Waals surface area contributed by atoms with Gasteiger partial charge in [-0.15, -0.1) is 0 Å². The number of anilines is 1. The molecule has 6 nitrogen and oxygen atoms in total. The summed E-state index contributed by atoms with van der Waals surface area (Å²) in [6.45, 7) is 0. The molecule has 2 aromatic rings. The molecule has 0 aliphatic carbocycles. The molecule has 1 unspecified atom stereocenters. The Bertz CT molecular complexity index is 875. The van der Waals surface area contributed by atoms with Crippen molar-refractivity contribution in [2.75, 3.05) is 5.32 Å². The van der Waals surface area contributed by atoms with Gasteiger partial charge in [-0.3, -0.25) is 14.9 Å². The third-order valence-corrected chi connectivity index (χ3v) is 3.37. The highest BCUT2D eigenvalue weighted by molar-refractivity contribution is 6.20. The van der Waals surface area contributed by atoms with E-state index in [1.54, 1.807) is 6.07 Å². The molecule has 142 valence electrons. The number of hydrogen-bond donors (Lipinski definition) is 1. The van der Waals surface area contributed by atoms with E-state index in [-0.39, 0.29) is 11.4 Å². The van der Waals surface area contributed by atoms with Crippen molar-refractivity contribution in [1.29, 1.82) is 0 Å². The first kappa shape index (κ1) is 20.2. The van der Waals surface area contributed by atoms with Gasteiger partial charge in [0, 0.05) is 30.0 Å². The summed E-state index contributed by atoms with van der Waals surface area (Å²) in [6.07, 6.45) is -1.78. The van der Waals surface area contributed by atoms with Gasteiger partial charge in [-0.2, -0.15) is 8.78 Å². The molecule has 0 aliphatic heterocycles. The molecule has 1 N–H and O–H groups in total. The van der Waals surface area contributed by atoms with Gasteiger partial charge in [-0.05, 0) is 23.8 Å². The summed E-state index contributed by atoms with van der Waals surface area (Å²) in [5.74, 6) is -1.02. The molecule has 0 aliphatic rings. The van der Waals surface area contributed by atoms with E-state index in [0.29, 0.717) is 5.56 Å². The molecular formula is C17H12ClF3N2O4. The lowest BCUT2D eigenvalue weighted by atomic mass is 10.2. The topological polar surface area (TPSA) is 81.5 Å². The molecule has 10 heteroatoms. The van der Waals surface area contributed by atoms with Crippen molar-refractivity contribution in [2.45, 2.75) is 11.7 Å². The Morgan fingerprint density at radius 1 is 1.26 bits per heavy atom. The van der Waals surface area contributed by atoms with Gasteiger partial charge in [0.15, 0.2) is 0 Å². The number of alkyl halides is 4. The molecule has 1 amide bonds. The van der Waals surface area contributed by atoms with Crippen LogP contribution in [-0.4, -0.2) is 22.6 Å². The molecule has 2 rings (SSSR count). The minimum absolute atomic E-state index is 0.113. The van der Waals surface area contributed by atoms with Gasteiger partial charge >= 0.3 is 6.11 Å². The summed E-state index contributed by atoms with van der Waals surface area (Å²) in [5, 5.41) is 13.1. The van der Waals surface area contributed by atoms with E-state index >= 15 is 0 Å². The maximum Gasteiger partial charge on any atom is 0.444 e. The van der Waals surface area contributed by atoms with Crippen LogP contribution in [0.5, 0.6) is 5.75 Å². The van der Waals surface area contributed by atoms with E-state index in [9.17, 15) is 28.1 Å². The molecule has 0 saturated carbocycles. The van der Waals surface area contributed by atoms with Crippen molar-refractivity contribution in [3.8, 4) is 5.75 Å². The number of benzene rings is 2. The van der Waals surface area contributed by atoms with E-state index < -0.39 is 28.3 Å². The second-order valence-electron chi connectivity index (χ2n) is 5.17. The van der Waals surface area contributed by atoms with Crippen LogP contribution in [-0.2, 0) is 4.79 Å². The van der Waals surface area contributed by atoms with Crippen LogP contribution in [0, 0.1) is 10.1 Å². The predicted molar refractivity (Wildman–Crippen MR) is 93.5 cm³/mol. The predicted octanol–water partition coefficient (Wildman–Crippen LogP) is 4.75. The number of carbonyl (C=O) groups excluding carboxylic acids is 1. The molecule has 27 heavy (non-hydrogen) atoms. The summed E-state index contributed by atoms with van der Waals surface area (Å²) < 4.78 is 43.1. The molecule has 0 fully saturated rings. The molecule has 1 atom stereocenters. The van der Waals surface area contributed by atoms with Crippen molar-refractivity contribution in [2.24, 2.45) is 0 Å². The van der Waals surface area contributed by atoms with Crippen molar-refractivity contribution in [3.63, 3.8) is 0 Å². The van der Waals surface area contributed by atoms with Gasteiger partial charge < -0.3 is 10.1 Å². The van der Waals surface area contributed by atoms with Gasteiger partial charge in [0.2, 0.25) is 5.91 Å². The van der Waals surface area contributed by atoms with Gasteiger partial charge in [-0.25, -0.2) is 4.39 Å². The fourth-order valence-electron chi connectivity index (χ4n) is 1.94. The first-order valence-electron chi connectivity index (χ1n) is 7.36. The highest BCUT2D eigenvalue weighted by Crippen LogP contribution is 2.29. The standard InChI is InChI=1S/C17H12ClF3N2O4/c18-16(19)17(20,21)27-14-6-2-4-12(10-14)22-15(24)8-7-11-3-1-5-13(9-11)23(25)26/h1-10,16H,(H,22,24)/b8-7+. The second kappa shape index (κ2) is 8.54. The fourth-order valence-corrected chi connectivity index (χ4v) is 1.98. The molecule has 0 heterocycles. The number of nitro groups is 1. The van der Waals surface area contributed by atoms with E-state index in [1.807, 2.05) is 0 Å². The second-order valence-corrected chi connectivity index (χ2v) is 5.55. The zero-order valence-electron chi connectivity index (χ0n) is 13.4. The van der Waals surface area contributed by atoms with Gasteiger partial charge in [0.05, 0.1) is 4.92 Å². The van der Waals surface area contributed by atoms with Crippen molar-refractivity contribution in [1.82, 2.24) is 0 Å². The van der Waals surface area contributed by atoms with E-state index in [1.165, 1.54) is 36.4 Å². The first-order chi connectivity index (χ1) is 12.7. The van der Waals surface area contributed by atoms with Crippen LogP contribution in [0.25, 0.3) is 6.08 Å². The van der Waals surface area contributed by atoms with Crippen molar-refractivity contribution in [3.05, 3.63) is 70.3 Å². The number of carbonyl (C=O) groups is 1. The number of non-ortho nitro benzene ring substituents is 1. The molecule has 0 saturated heterocycles. The maximum atomic E-state index is 13.1. The lowest BCUT2D eigenvalue weighted by Gasteiger charge is -2.18. The van der Waals surface area contributed by atoms with Gasteiger partial charge in [-0.1, -0.05) is 29.8 Å². The average Bonchev–Trinajstić information content (AvgIpc) is 2.60. The summed E-state index contributed by atoms with van der Waals surface area (Å²) in [6, 6.07) is 10.5. The number of rotatable bonds is 7. The SMILES string of the molecule is O=C(/C=C/c1cccc([N+](=O)[O-])c1)Nc1cccc(OC(F)(F)C(F)Cl)c1. The van der Waals surface area contributed by atoms with Crippen LogP contribution >= 0.6 is 11.6 Å². The van der Waals surface area contributed by atoms with Gasteiger partial charge in [0.25, 0.3) is 11.3 Å². The van der Waals surface area contributed by atoms with E-state index in [0.717, 1.165) is 18.2 Å². The molecule has 0 spiro atoms. The minimum Gasteiger partial charge on any atom is -0.429 e. The third-order valence-electron chi connectivity index (χ3n) is 3.12. The van der Waals surface area contributed by atoms with Crippen LogP contribution in [0.15, 0.2) is 54.6 Å². The number of nitrogens with zero attached hydrogens (tertiary/aromatic N) is 1. The number of nitro benzene ring substituents is 1. The Morgan fingerprint density at radius 3 is 2.63 bits per heavy atom. The summed E-state index contributed by atoms with van der Waals surface area (Å²) in [5.41, 5.74) is -2.63. The van der Waals surface area contributed by atoms with Crippen LogP contribution < -0.4 is 10.1 Å². The largest absolute Gasteiger partial charge is 0.444 e. The molecular weight excluding hydrogens is 389 g/mol. The zero-order valence-corrected chi connectivity index (χ0v) is 14.2. The number of ether oxygens (including phenoxy) is 1. The fraction of sp³-hybridized carbons (Fsp3) is 0.118. The summed E-state index contributed by atoms with van der Waals surface area (Å²) in [7, 11) is 0. The van der Waals surface area contributed by atoms with E-state index in [2.05, 4.69) is 10.1 Å². The smallest absolute Gasteiger partial charge is 0.429 e. The van der Waals surface area contributed by atoms with Crippen LogP contribution in [0.2, 0.25) is 0 Å². The van der Waals surface area contributed by atoms with Crippen LogP contribution in [0.1, 0.15) is 5.56 Å². The van der Waals surface area contributed by atoms with Crippen LogP contribution in [0.3, 0.4) is 0 Å². The number of amides is 1. The number of halogens is 4. The maximum absolute atomic E-state index is 13.1. The Hall–Kier alpha value is -3.07. The normalized spacial score (nSPS) is 12.6. The van der Waals surface area contributed by atoms with Crippen LogP contribution in [0.4, 0.5) is 24.5 Å². The quantitative estimate of drug-likeness (QED) is 0.314. The number of hydrogen-bond acceptors (Lipinski definition) is 4. The summed E-state index contributed by atoms with van der Waals surface area (Å²) in [4.78, 5) is 22.1. The highest BCUT2D eigenvalue weighted by atomic mass is 35.5. The van der Waals surface area contributed by atoms with E-state index in [4.69, 9.17) is 11.6 Å². The molecule has 0 bridgehead atoms. The molecule has 0 aromatic heterocycles. The monoisotopic (exact) mass is 400 g/mol. The van der Waals surface area contributed by atoms with Gasteiger partial charge in [0.1, 0.15) is 5.75 Å².